The Bertz CT molecular complexity index is 241. The average Bonchev–Trinajstić information content (AvgIpc) is 2.56. The van der Waals surface area contributed by atoms with Crippen LogP contribution in [0.3, 0.4) is 0 Å². The van der Waals surface area contributed by atoms with Crippen molar-refractivity contribution in [1.82, 2.24) is 5.32 Å². The number of nitrogens with one attached hydrogen (secondary N) is 1. The molecule has 13 heavy (non-hydrogen) atoms. The van der Waals surface area contributed by atoms with Gasteiger partial charge in [0.15, 0.2) is 0 Å². The van der Waals surface area contributed by atoms with Crippen LogP contribution in [0.2, 0.25) is 0 Å². The van der Waals surface area contributed by atoms with Crippen LogP contribution in [-0.2, 0) is 11.3 Å². The number of hydrogen-bond acceptors (Lipinski definition) is 3. The first-order chi connectivity index (χ1) is 6.31. The van der Waals surface area contributed by atoms with Crippen molar-refractivity contribution in [3.63, 3.8) is 0 Å². The third kappa shape index (κ3) is 2.57. The molecule has 1 atom stereocenters. The molecule has 0 aliphatic heterocycles. The van der Waals surface area contributed by atoms with Gasteiger partial charge in [-0.1, -0.05) is 6.92 Å². The molecule has 3 nitrogen and oxygen atoms in total. The minimum Gasteiger partial charge on any atom is -0.462 e. The third-order valence-electron chi connectivity index (χ3n) is 2.07. The normalized spacial score (nSPS) is 13.2. The highest BCUT2D eigenvalue weighted by Gasteiger charge is 2.10. The van der Waals surface area contributed by atoms with Crippen molar-refractivity contribution in [2.45, 2.75) is 26.0 Å². The van der Waals surface area contributed by atoms with Crippen LogP contribution in [0.25, 0.3) is 0 Å². The van der Waals surface area contributed by atoms with E-state index in [0.717, 1.165) is 17.9 Å². The number of ether oxygens (including phenoxy) is 1. The molecule has 0 fully saturated rings. The van der Waals surface area contributed by atoms with Gasteiger partial charge in [0.05, 0.1) is 6.04 Å². The maximum Gasteiger partial charge on any atom is 0.129 e. The van der Waals surface area contributed by atoms with Crippen LogP contribution in [0.4, 0.5) is 0 Å². The van der Waals surface area contributed by atoms with Crippen LogP contribution in [0.15, 0.2) is 16.5 Å². The summed E-state index contributed by atoms with van der Waals surface area (Å²) >= 11 is 0. The first-order valence-electron chi connectivity index (χ1n) is 4.56. The van der Waals surface area contributed by atoms with Gasteiger partial charge in [-0.3, -0.25) is 0 Å². The fourth-order valence-corrected chi connectivity index (χ4v) is 1.35. The van der Waals surface area contributed by atoms with Crippen molar-refractivity contribution < 1.29 is 9.15 Å². The van der Waals surface area contributed by atoms with Gasteiger partial charge in [-0.15, -0.1) is 0 Å². The molecule has 0 radical (unpaired) electrons. The first-order valence-corrected chi connectivity index (χ1v) is 4.56. The lowest BCUT2D eigenvalue weighted by Gasteiger charge is -2.09. The van der Waals surface area contributed by atoms with Crippen molar-refractivity contribution in [1.29, 1.82) is 0 Å². The predicted octanol–water partition coefficient (Wildman–Crippen LogP) is 2.10. The first kappa shape index (κ1) is 10.3. The van der Waals surface area contributed by atoms with Crippen LogP contribution < -0.4 is 5.32 Å². The molecule has 3 heteroatoms. The van der Waals surface area contributed by atoms with Crippen LogP contribution >= 0.6 is 0 Å². The van der Waals surface area contributed by atoms with Gasteiger partial charge in [-0.25, -0.2) is 0 Å². The van der Waals surface area contributed by atoms with E-state index in [4.69, 9.17) is 9.15 Å². The van der Waals surface area contributed by atoms with Crippen LogP contribution in [0, 0.1) is 0 Å². The molecule has 1 rings (SSSR count). The van der Waals surface area contributed by atoms with Crippen LogP contribution in [0.1, 0.15) is 30.9 Å². The van der Waals surface area contributed by atoms with Gasteiger partial charge in [0, 0.05) is 7.11 Å². The number of methoxy groups -OCH3 is 1. The average molecular weight is 183 g/mol. The molecule has 0 aliphatic carbocycles. The molecule has 1 aromatic heterocycles. The van der Waals surface area contributed by atoms with Gasteiger partial charge in [0.1, 0.15) is 18.1 Å². The van der Waals surface area contributed by atoms with Gasteiger partial charge in [0.25, 0.3) is 0 Å². The molecule has 0 bridgehead atoms. The van der Waals surface area contributed by atoms with Crippen molar-refractivity contribution in [2.75, 3.05) is 14.2 Å². The standard InChI is InChI=1S/C10H17NO2/c1-4-9(11-2)10-6-5-8(13-10)7-12-3/h5-6,9,11H,4,7H2,1-3H3. The SMILES string of the molecule is CCC(NC)c1ccc(COC)o1. The van der Waals surface area contributed by atoms with Crippen molar-refractivity contribution in [2.24, 2.45) is 0 Å². The van der Waals surface area contributed by atoms with E-state index in [1.165, 1.54) is 0 Å². The highest BCUT2D eigenvalue weighted by molar-refractivity contribution is 5.10. The van der Waals surface area contributed by atoms with Gasteiger partial charge in [0.2, 0.25) is 0 Å². The van der Waals surface area contributed by atoms with Crippen molar-refractivity contribution in [3.05, 3.63) is 23.7 Å². The monoisotopic (exact) mass is 183 g/mol. The van der Waals surface area contributed by atoms with E-state index < -0.39 is 0 Å². The van der Waals surface area contributed by atoms with Gasteiger partial charge < -0.3 is 14.5 Å². The molecular formula is C10H17NO2. The Morgan fingerprint density at radius 3 is 2.85 bits per heavy atom. The smallest absolute Gasteiger partial charge is 0.129 e. The van der Waals surface area contributed by atoms with E-state index in [-0.39, 0.29) is 0 Å². The molecule has 0 aliphatic rings. The Morgan fingerprint density at radius 2 is 2.31 bits per heavy atom. The minimum atomic E-state index is 0.311. The molecule has 0 aromatic carbocycles. The van der Waals surface area contributed by atoms with Gasteiger partial charge in [-0.05, 0) is 25.6 Å². The Hall–Kier alpha value is -0.800. The summed E-state index contributed by atoms with van der Waals surface area (Å²) in [6, 6.07) is 4.27. The van der Waals surface area contributed by atoms with E-state index in [2.05, 4.69) is 12.2 Å². The van der Waals surface area contributed by atoms with Crippen LogP contribution in [-0.4, -0.2) is 14.2 Å². The number of rotatable bonds is 5. The summed E-state index contributed by atoms with van der Waals surface area (Å²) in [7, 11) is 3.60. The van der Waals surface area contributed by atoms with E-state index in [9.17, 15) is 0 Å². The van der Waals surface area contributed by atoms with E-state index >= 15 is 0 Å². The second kappa shape index (κ2) is 5.04. The zero-order valence-corrected chi connectivity index (χ0v) is 8.46. The largest absolute Gasteiger partial charge is 0.462 e. The lowest BCUT2D eigenvalue weighted by molar-refractivity contribution is 0.161. The summed E-state index contributed by atoms with van der Waals surface area (Å²) < 4.78 is 10.6. The molecule has 0 amide bonds. The Balaban J connectivity index is 2.66. The lowest BCUT2D eigenvalue weighted by atomic mass is 10.2. The van der Waals surface area contributed by atoms with Gasteiger partial charge >= 0.3 is 0 Å². The maximum atomic E-state index is 5.58. The highest BCUT2D eigenvalue weighted by Crippen LogP contribution is 2.19. The quantitative estimate of drug-likeness (QED) is 0.759. The molecular weight excluding hydrogens is 166 g/mol. The Labute approximate surface area is 79.1 Å². The van der Waals surface area contributed by atoms with Crippen LogP contribution in [0.5, 0.6) is 0 Å². The van der Waals surface area contributed by atoms with E-state index in [1.54, 1.807) is 7.11 Å². The third-order valence-corrected chi connectivity index (χ3v) is 2.07. The van der Waals surface area contributed by atoms with E-state index in [1.807, 2.05) is 19.2 Å². The molecule has 74 valence electrons. The second-order valence-electron chi connectivity index (χ2n) is 2.99. The number of furan rings is 1. The summed E-state index contributed by atoms with van der Waals surface area (Å²) in [5.41, 5.74) is 0. The van der Waals surface area contributed by atoms with Crippen molar-refractivity contribution >= 4 is 0 Å². The second-order valence-corrected chi connectivity index (χ2v) is 2.99. The molecule has 1 N–H and O–H groups in total. The molecule has 1 aromatic rings. The maximum absolute atomic E-state index is 5.58. The minimum absolute atomic E-state index is 0.311. The lowest BCUT2D eigenvalue weighted by Crippen LogP contribution is -2.14. The molecule has 0 saturated heterocycles. The van der Waals surface area contributed by atoms with E-state index in [0.29, 0.717) is 12.6 Å². The molecule has 1 heterocycles. The zero-order chi connectivity index (χ0) is 9.68. The fourth-order valence-electron chi connectivity index (χ4n) is 1.35. The zero-order valence-electron chi connectivity index (χ0n) is 8.46. The summed E-state index contributed by atoms with van der Waals surface area (Å²) in [5, 5.41) is 3.19. The topological polar surface area (TPSA) is 34.4 Å². The molecule has 0 spiro atoms. The van der Waals surface area contributed by atoms with Gasteiger partial charge in [-0.2, -0.15) is 0 Å². The highest BCUT2D eigenvalue weighted by atomic mass is 16.5. The summed E-state index contributed by atoms with van der Waals surface area (Å²) in [4.78, 5) is 0. The predicted molar refractivity (Wildman–Crippen MR) is 51.5 cm³/mol. The molecule has 0 saturated carbocycles. The summed E-state index contributed by atoms with van der Waals surface area (Å²) in [6.07, 6.45) is 1.02. The van der Waals surface area contributed by atoms with Crippen molar-refractivity contribution in [3.8, 4) is 0 Å². The fraction of sp³-hybridized carbons (Fsp3) is 0.600. The molecule has 1 unspecified atom stereocenters. The Kier molecular flexibility index (Phi) is 3.99. The Morgan fingerprint density at radius 1 is 1.54 bits per heavy atom. The number of hydrogen-bond donors (Lipinski definition) is 1. The summed E-state index contributed by atoms with van der Waals surface area (Å²) in [5.74, 6) is 1.86. The summed E-state index contributed by atoms with van der Waals surface area (Å²) in [6.45, 7) is 2.67.